The maximum absolute atomic E-state index is 13.2. The van der Waals surface area contributed by atoms with E-state index in [0.29, 0.717) is 24.8 Å². The van der Waals surface area contributed by atoms with E-state index in [0.717, 1.165) is 12.1 Å². The number of likely N-dealkylation sites (tertiary alicyclic amines) is 1. The molecule has 1 N–H and O–H groups in total. The summed E-state index contributed by atoms with van der Waals surface area (Å²) in [5.74, 6) is 0.636. The molecule has 3 aliphatic rings. The van der Waals surface area contributed by atoms with Crippen LogP contribution in [0.1, 0.15) is 56.6 Å². The SMILES string of the molecule is CN1C(=O)CC[C@@H](C(=O)NC[C@H]2CCCN3CCCC[C@H]23)[C@H]1c1ccccc1. The third-order valence-electron chi connectivity index (χ3n) is 7.11. The maximum atomic E-state index is 13.2. The number of carbonyl (C=O) groups excluding carboxylic acids is 2. The van der Waals surface area contributed by atoms with Gasteiger partial charge in [-0.1, -0.05) is 36.8 Å². The van der Waals surface area contributed by atoms with Gasteiger partial charge in [-0.05, 0) is 56.7 Å². The average molecular weight is 384 g/mol. The zero-order valence-electron chi connectivity index (χ0n) is 17.0. The van der Waals surface area contributed by atoms with Crippen LogP contribution in [-0.4, -0.2) is 54.3 Å². The smallest absolute Gasteiger partial charge is 0.225 e. The Kier molecular flexibility index (Phi) is 6.00. The second-order valence-electron chi connectivity index (χ2n) is 8.75. The van der Waals surface area contributed by atoms with Crippen LogP contribution >= 0.6 is 0 Å². The van der Waals surface area contributed by atoms with Crippen molar-refractivity contribution in [3.05, 3.63) is 35.9 Å². The van der Waals surface area contributed by atoms with Gasteiger partial charge in [0.15, 0.2) is 0 Å². The molecule has 0 radical (unpaired) electrons. The molecule has 3 aliphatic heterocycles. The van der Waals surface area contributed by atoms with Crippen molar-refractivity contribution in [2.24, 2.45) is 11.8 Å². The van der Waals surface area contributed by atoms with Gasteiger partial charge in [-0.25, -0.2) is 0 Å². The molecule has 5 heteroatoms. The Morgan fingerprint density at radius 3 is 2.68 bits per heavy atom. The van der Waals surface area contributed by atoms with Crippen LogP contribution < -0.4 is 5.32 Å². The minimum atomic E-state index is -0.170. The number of nitrogens with zero attached hydrogens (tertiary/aromatic N) is 2. The molecule has 0 unspecified atom stereocenters. The minimum Gasteiger partial charge on any atom is -0.355 e. The molecule has 5 nitrogen and oxygen atoms in total. The molecule has 152 valence electrons. The van der Waals surface area contributed by atoms with Crippen LogP contribution in [0, 0.1) is 11.8 Å². The van der Waals surface area contributed by atoms with Gasteiger partial charge >= 0.3 is 0 Å². The number of fused-ring (bicyclic) bond motifs is 1. The summed E-state index contributed by atoms with van der Waals surface area (Å²) < 4.78 is 0. The average Bonchev–Trinajstić information content (AvgIpc) is 2.74. The Morgan fingerprint density at radius 1 is 1.07 bits per heavy atom. The summed E-state index contributed by atoms with van der Waals surface area (Å²) in [5.41, 5.74) is 1.05. The van der Waals surface area contributed by atoms with E-state index in [4.69, 9.17) is 0 Å². The number of amides is 2. The van der Waals surface area contributed by atoms with Gasteiger partial charge in [0.1, 0.15) is 0 Å². The van der Waals surface area contributed by atoms with Crippen LogP contribution in [0.5, 0.6) is 0 Å². The maximum Gasteiger partial charge on any atom is 0.225 e. The van der Waals surface area contributed by atoms with E-state index < -0.39 is 0 Å². The lowest BCUT2D eigenvalue weighted by Crippen LogP contribution is -2.52. The number of benzene rings is 1. The molecule has 1 aromatic carbocycles. The van der Waals surface area contributed by atoms with Crippen molar-refractivity contribution < 1.29 is 9.59 Å². The Morgan fingerprint density at radius 2 is 1.86 bits per heavy atom. The highest BCUT2D eigenvalue weighted by Gasteiger charge is 2.39. The number of piperidine rings is 3. The van der Waals surface area contributed by atoms with Gasteiger partial charge in [0.05, 0.1) is 12.0 Å². The van der Waals surface area contributed by atoms with Gasteiger partial charge in [0.25, 0.3) is 0 Å². The van der Waals surface area contributed by atoms with Crippen molar-refractivity contribution in [1.29, 1.82) is 0 Å². The third-order valence-corrected chi connectivity index (χ3v) is 7.11. The zero-order chi connectivity index (χ0) is 19.5. The fourth-order valence-corrected chi connectivity index (χ4v) is 5.60. The highest BCUT2D eigenvalue weighted by atomic mass is 16.2. The van der Waals surface area contributed by atoms with Gasteiger partial charge in [-0.3, -0.25) is 9.59 Å². The summed E-state index contributed by atoms with van der Waals surface area (Å²) in [7, 11) is 1.83. The molecule has 3 saturated heterocycles. The highest BCUT2D eigenvalue weighted by molar-refractivity contribution is 5.84. The standard InChI is InChI=1S/C23H33N3O2/c1-25-21(27)13-12-19(22(25)17-8-3-2-4-9-17)23(28)24-16-18-10-7-15-26-14-6-5-11-20(18)26/h2-4,8-9,18-20,22H,5-7,10-16H2,1H3,(H,24,28)/t18-,19-,20-,22-/m1/s1. The first-order valence-electron chi connectivity index (χ1n) is 11.0. The highest BCUT2D eigenvalue weighted by Crippen LogP contribution is 2.36. The van der Waals surface area contributed by atoms with E-state index in [-0.39, 0.29) is 23.8 Å². The fourth-order valence-electron chi connectivity index (χ4n) is 5.60. The lowest BCUT2D eigenvalue weighted by molar-refractivity contribution is -0.141. The molecule has 3 heterocycles. The topological polar surface area (TPSA) is 52.7 Å². The van der Waals surface area contributed by atoms with E-state index in [9.17, 15) is 9.59 Å². The number of carbonyl (C=O) groups is 2. The lowest BCUT2D eigenvalue weighted by atomic mass is 9.82. The van der Waals surface area contributed by atoms with Gasteiger partial charge < -0.3 is 15.1 Å². The van der Waals surface area contributed by atoms with E-state index in [1.54, 1.807) is 4.90 Å². The molecule has 0 aliphatic carbocycles. The quantitative estimate of drug-likeness (QED) is 0.870. The first-order chi connectivity index (χ1) is 13.6. The van der Waals surface area contributed by atoms with Crippen LogP contribution in [0.15, 0.2) is 30.3 Å². The number of hydrogen-bond acceptors (Lipinski definition) is 3. The summed E-state index contributed by atoms with van der Waals surface area (Å²) in [6.07, 6.45) is 7.45. The van der Waals surface area contributed by atoms with Crippen LogP contribution in [-0.2, 0) is 9.59 Å². The summed E-state index contributed by atoms with van der Waals surface area (Å²) >= 11 is 0. The normalized spacial score (nSPS) is 31.3. The van der Waals surface area contributed by atoms with E-state index in [2.05, 4.69) is 10.2 Å². The molecule has 28 heavy (non-hydrogen) atoms. The van der Waals surface area contributed by atoms with Gasteiger partial charge in [-0.15, -0.1) is 0 Å². The van der Waals surface area contributed by atoms with Gasteiger partial charge in [0.2, 0.25) is 11.8 Å². The van der Waals surface area contributed by atoms with E-state index >= 15 is 0 Å². The van der Waals surface area contributed by atoms with Gasteiger partial charge in [0, 0.05) is 26.1 Å². The summed E-state index contributed by atoms with van der Waals surface area (Å²) in [6, 6.07) is 10.5. The molecule has 4 atom stereocenters. The minimum absolute atomic E-state index is 0.112. The first kappa shape index (κ1) is 19.4. The Hall–Kier alpha value is -1.88. The Balaban J connectivity index is 1.43. The molecule has 2 amide bonds. The monoisotopic (exact) mass is 383 g/mol. The molecule has 0 bridgehead atoms. The van der Waals surface area contributed by atoms with Crippen molar-refractivity contribution in [3.8, 4) is 0 Å². The molecule has 3 fully saturated rings. The molecular weight excluding hydrogens is 350 g/mol. The van der Waals surface area contributed by atoms with Crippen LogP contribution in [0.2, 0.25) is 0 Å². The molecule has 0 spiro atoms. The molecule has 1 aromatic rings. The third kappa shape index (κ3) is 3.95. The number of rotatable bonds is 4. The summed E-state index contributed by atoms with van der Waals surface area (Å²) in [6.45, 7) is 3.22. The fraction of sp³-hybridized carbons (Fsp3) is 0.652. The number of nitrogens with one attached hydrogen (secondary N) is 1. The van der Waals surface area contributed by atoms with Crippen molar-refractivity contribution >= 4 is 11.8 Å². The second-order valence-corrected chi connectivity index (χ2v) is 8.75. The van der Waals surface area contributed by atoms with Crippen molar-refractivity contribution in [2.45, 2.75) is 57.0 Å². The van der Waals surface area contributed by atoms with E-state index in [1.807, 2.05) is 37.4 Å². The first-order valence-corrected chi connectivity index (χ1v) is 11.0. The van der Waals surface area contributed by atoms with Crippen molar-refractivity contribution in [2.75, 3.05) is 26.7 Å². The predicted molar refractivity (Wildman–Crippen MR) is 110 cm³/mol. The molecule has 4 rings (SSSR count). The molecular formula is C23H33N3O2. The second kappa shape index (κ2) is 8.64. The van der Waals surface area contributed by atoms with Gasteiger partial charge in [-0.2, -0.15) is 0 Å². The lowest BCUT2D eigenvalue weighted by Gasteiger charge is -2.44. The molecule has 0 saturated carbocycles. The summed E-state index contributed by atoms with van der Waals surface area (Å²) in [4.78, 5) is 29.9. The largest absolute Gasteiger partial charge is 0.355 e. The summed E-state index contributed by atoms with van der Waals surface area (Å²) in [5, 5.41) is 3.29. The van der Waals surface area contributed by atoms with Crippen molar-refractivity contribution in [1.82, 2.24) is 15.1 Å². The molecule has 0 aromatic heterocycles. The van der Waals surface area contributed by atoms with Crippen LogP contribution in [0.25, 0.3) is 0 Å². The van der Waals surface area contributed by atoms with Crippen LogP contribution in [0.4, 0.5) is 0 Å². The Labute approximate surface area is 168 Å². The Bertz CT molecular complexity index is 690. The number of hydrogen-bond donors (Lipinski definition) is 1. The van der Waals surface area contributed by atoms with Crippen molar-refractivity contribution in [3.63, 3.8) is 0 Å². The van der Waals surface area contributed by atoms with E-state index in [1.165, 1.54) is 45.2 Å². The zero-order valence-corrected chi connectivity index (χ0v) is 17.0. The predicted octanol–water partition coefficient (Wildman–Crippen LogP) is 2.98. The van der Waals surface area contributed by atoms with Crippen LogP contribution in [0.3, 0.4) is 0 Å².